The molecule has 1 aromatic heterocycles. The molecule has 16 heavy (non-hydrogen) atoms. The number of hydrogen-bond acceptors (Lipinski definition) is 3. The van der Waals surface area contributed by atoms with E-state index in [0.29, 0.717) is 0 Å². The van der Waals surface area contributed by atoms with Gasteiger partial charge in [-0.05, 0) is 42.0 Å². The van der Waals surface area contributed by atoms with Gasteiger partial charge >= 0.3 is 0 Å². The minimum atomic E-state index is 0.0955. The average molecular weight is 313 g/mol. The number of thiophene rings is 1. The van der Waals surface area contributed by atoms with Crippen LogP contribution in [0.2, 0.25) is 0 Å². The zero-order chi connectivity index (χ0) is 11.5. The van der Waals surface area contributed by atoms with Gasteiger partial charge < -0.3 is 0 Å². The number of carbonyl (C=O) groups is 1. The molecule has 4 heteroatoms. The Morgan fingerprint density at radius 3 is 2.56 bits per heavy atom. The molecular formula is C12H9BrOS2. The smallest absolute Gasteiger partial charge is 0.195 e. The minimum absolute atomic E-state index is 0.0955. The molecule has 1 heterocycles. The number of ketones is 1. The predicted octanol–water partition coefficient (Wildman–Crippen LogP) is 4.46. The van der Waals surface area contributed by atoms with Gasteiger partial charge in [0.05, 0.1) is 4.21 Å². The molecule has 1 aromatic carbocycles. The van der Waals surface area contributed by atoms with Crippen molar-refractivity contribution in [2.45, 2.75) is 4.21 Å². The average Bonchev–Trinajstić information content (AvgIpc) is 2.77. The van der Waals surface area contributed by atoms with Gasteiger partial charge in [0, 0.05) is 15.6 Å². The Morgan fingerprint density at radius 1 is 1.25 bits per heavy atom. The Hall–Kier alpha value is -0.580. The Balaban J connectivity index is 2.35. The van der Waals surface area contributed by atoms with Gasteiger partial charge in [-0.2, -0.15) is 0 Å². The molecule has 0 saturated heterocycles. The Labute approximate surface area is 111 Å². The van der Waals surface area contributed by atoms with Crippen LogP contribution in [0, 0.1) is 0 Å². The van der Waals surface area contributed by atoms with Gasteiger partial charge in [0.1, 0.15) is 0 Å². The fraction of sp³-hybridized carbons (Fsp3) is 0.0833. The highest BCUT2D eigenvalue weighted by Crippen LogP contribution is 2.28. The summed E-state index contributed by atoms with van der Waals surface area (Å²) in [5.41, 5.74) is 1.54. The van der Waals surface area contributed by atoms with Crippen LogP contribution in [-0.2, 0) is 0 Å². The van der Waals surface area contributed by atoms with Crippen molar-refractivity contribution in [3.8, 4) is 0 Å². The van der Waals surface area contributed by atoms with Crippen molar-refractivity contribution >= 4 is 44.8 Å². The Bertz CT molecular complexity index is 502. The molecule has 0 N–H and O–H groups in total. The van der Waals surface area contributed by atoms with Crippen LogP contribution in [0.5, 0.6) is 0 Å². The summed E-state index contributed by atoms with van der Waals surface area (Å²) in [7, 11) is 0. The van der Waals surface area contributed by atoms with Crippen LogP contribution < -0.4 is 0 Å². The number of benzene rings is 1. The molecule has 0 aliphatic heterocycles. The predicted molar refractivity (Wildman–Crippen MR) is 73.7 cm³/mol. The van der Waals surface area contributed by atoms with Gasteiger partial charge in [-0.1, -0.05) is 15.9 Å². The highest BCUT2D eigenvalue weighted by atomic mass is 79.9. The molecule has 0 amide bonds. The minimum Gasteiger partial charge on any atom is -0.289 e. The van der Waals surface area contributed by atoms with Gasteiger partial charge in [-0.25, -0.2) is 0 Å². The van der Waals surface area contributed by atoms with Crippen molar-refractivity contribution in [3.63, 3.8) is 0 Å². The second kappa shape index (κ2) is 5.17. The third kappa shape index (κ3) is 2.39. The van der Waals surface area contributed by atoms with Crippen molar-refractivity contribution in [2.75, 3.05) is 6.26 Å². The second-order valence-corrected chi connectivity index (χ2v) is 6.07. The van der Waals surface area contributed by atoms with E-state index in [-0.39, 0.29) is 5.78 Å². The van der Waals surface area contributed by atoms with E-state index >= 15 is 0 Å². The highest BCUT2D eigenvalue weighted by Gasteiger charge is 2.13. The Kier molecular flexibility index (Phi) is 3.84. The van der Waals surface area contributed by atoms with Crippen molar-refractivity contribution in [2.24, 2.45) is 0 Å². The van der Waals surface area contributed by atoms with Crippen LogP contribution in [0.4, 0.5) is 0 Å². The lowest BCUT2D eigenvalue weighted by molar-refractivity contribution is 0.103. The summed E-state index contributed by atoms with van der Waals surface area (Å²) >= 11 is 6.58. The van der Waals surface area contributed by atoms with Gasteiger partial charge in [-0.15, -0.1) is 23.1 Å². The van der Waals surface area contributed by atoms with E-state index in [0.717, 1.165) is 19.8 Å². The zero-order valence-corrected chi connectivity index (χ0v) is 11.8. The Morgan fingerprint density at radius 2 is 1.94 bits per heavy atom. The van der Waals surface area contributed by atoms with Crippen LogP contribution in [-0.4, -0.2) is 12.0 Å². The summed E-state index contributed by atoms with van der Waals surface area (Å²) in [6.45, 7) is 0. The number of halogens is 1. The standard InChI is InChI=1S/C12H9BrOS2/c1-15-12-10(6-7-16-12)11(14)8-2-4-9(13)5-3-8/h2-7H,1H3. The summed E-state index contributed by atoms with van der Waals surface area (Å²) < 4.78 is 2.06. The van der Waals surface area contributed by atoms with Crippen LogP contribution >= 0.6 is 39.0 Å². The van der Waals surface area contributed by atoms with Gasteiger partial charge in [0.2, 0.25) is 0 Å². The van der Waals surface area contributed by atoms with Crippen LogP contribution in [0.1, 0.15) is 15.9 Å². The van der Waals surface area contributed by atoms with E-state index in [9.17, 15) is 4.79 Å². The fourth-order valence-corrected chi connectivity index (χ4v) is 3.19. The third-order valence-electron chi connectivity index (χ3n) is 2.17. The summed E-state index contributed by atoms with van der Waals surface area (Å²) in [5, 5.41) is 1.96. The molecule has 82 valence electrons. The van der Waals surface area contributed by atoms with Crippen molar-refractivity contribution < 1.29 is 4.79 Å². The SMILES string of the molecule is CSc1sccc1C(=O)c1ccc(Br)cc1. The summed E-state index contributed by atoms with van der Waals surface area (Å²) in [6.07, 6.45) is 1.99. The lowest BCUT2D eigenvalue weighted by Crippen LogP contribution is -2.00. The number of hydrogen-bond donors (Lipinski definition) is 0. The molecule has 0 saturated carbocycles. The number of carbonyl (C=O) groups excluding carboxylic acids is 1. The van der Waals surface area contributed by atoms with E-state index in [2.05, 4.69) is 15.9 Å². The van der Waals surface area contributed by atoms with E-state index in [1.165, 1.54) is 0 Å². The third-order valence-corrected chi connectivity index (χ3v) is 4.78. The maximum Gasteiger partial charge on any atom is 0.195 e. The molecule has 0 fully saturated rings. The van der Waals surface area contributed by atoms with Crippen LogP contribution in [0.3, 0.4) is 0 Å². The van der Waals surface area contributed by atoms with Crippen molar-refractivity contribution in [1.82, 2.24) is 0 Å². The maximum atomic E-state index is 12.2. The van der Waals surface area contributed by atoms with Crippen LogP contribution in [0.15, 0.2) is 44.4 Å². The normalized spacial score (nSPS) is 10.4. The largest absolute Gasteiger partial charge is 0.289 e. The van der Waals surface area contributed by atoms with E-state index in [1.54, 1.807) is 23.1 Å². The van der Waals surface area contributed by atoms with Gasteiger partial charge in [-0.3, -0.25) is 4.79 Å². The molecule has 0 aliphatic rings. The summed E-state index contributed by atoms with van der Waals surface area (Å²) in [5.74, 6) is 0.0955. The first kappa shape index (κ1) is 11.9. The van der Waals surface area contributed by atoms with E-state index < -0.39 is 0 Å². The van der Waals surface area contributed by atoms with E-state index in [1.807, 2.05) is 42.0 Å². The molecule has 0 aliphatic carbocycles. The molecule has 0 bridgehead atoms. The molecule has 2 aromatic rings. The van der Waals surface area contributed by atoms with Crippen molar-refractivity contribution in [3.05, 3.63) is 51.3 Å². The monoisotopic (exact) mass is 312 g/mol. The first-order valence-electron chi connectivity index (χ1n) is 4.64. The van der Waals surface area contributed by atoms with Gasteiger partial charge in [0.25, 0.3) is 0 Å². The summed E-state index contributed by atoms with van der Waals surface area (Å²) in [4.78, 5) is 12.2. The molecule has 1 nitrogen and oxygen atoms in total. The first-order valence-corrected chi connectivity index (χ1v) is 7.54. The van der Waals surface area contributed by atoms with Gasteiger partial charge in [0.15, 0.2) is 5.78 Å². The molecule has 0 unspecified atom stereocenters. The summed E-state index contributed by atoms with van der Waals surface area (Å²) in [6, 6.07) is 9.35. The topological polar surface area (TPSA) is 17.1 Å². The van der Waals surface area contributed by atoms with Crippen LogP contribution in [0.25, 0.3) is 0 Å². The quantitative estimate of drug-likeness (QED) is 0.614. The highest BCUT2D eigenvalue weighted by molar-refractivity contribution is 9.10. The lowest BCUT2D eigenvalue weighted by atomic mass is 10.1. The molecule has 0 spiro atoms. The maximum absolute atomic E-state index is 12.2. The lowest BCUT2D eigenvalue weighted by Gasteiger charge is -2.01. The first-order chi connectivity index (χ1) is 7.72. The second-order valence-electron chi connectivity index (χ2n) is 3.16. The molecule has 0 atom stereocenters. The number of rotatable bonds is 3. The molecule has 2 rings (SSSR count). The zero-order valence-electron chi connectivity index (χ0n) is 8.57. The van der Waals surface area contributed by atoms with E-state index in [4.69, 9.17) is 0 Å². The molecule has 0 radical (unpaired) electrons. The number of thioether (sulfide) groups is 1. The fourth-order valence-electron chi connectivity index (χ4n) is 1.38. The molecular weight excluding hydrogens is 304 g/mol. The van der Waals surface area contributed by atoms with Crippen molar-refractivity contribution in [1.29, 1.82) is 0 Å².